The summed E-state index contributed by atoms with van der Waals surface area (Å²) in [4.78, 5) is 0. The van der Waals surface area contributed by atoms with Crippen LogP contribution in [0.25, 0.3) is 11.1 Å². The summed E-state index contributed by atoms with van der Waals surface area (Å²) in [7, 11) is 0. The molecular formula is C18H26N4O3. The van der Waals surface area contributed by atoms with Crippen LogP contribution in [-0.4, -0.2) is 54.8 Å². The van der Waals surface area contributed by atoms with Crippen molar-refractivity contribution in [1.82, 2.24) is 0 Å². The van der Waals surface area contributed by atoms with Crippen molar-refractivity contribution in [3.05, 3.63) is 36.4 Å². The van der Waals surface area contributed by atoms with Gasteiger partial charge in [0.2, 0.25) is 0 Å². The van der Waals surface area contributed by atoms with E-state index in [1.165, 1.54) is 0 Å². The third kappa shape index (κ3) is 4.99. The minimum Gasteiger partial charge on any atom is -0.399 e. The molecule has 0 aliphatic rings. The molecule has 2 aromatic rings. The zero-order valence-electron chi connectivity index (χ0n) is 14.1. The Kier molecular flexibility index (Phi) is 7.34. The molecule has 8 N–H and O–H groups in total. The zero-order chi connectivity index (χ0) is 18.1. The van der Waals surface area contributed by atoms with Crippen LogP contribution in [-0.2, 0) is 0 Å². The lowest BCUT2D eigenvalue weighted by molar-refractivity contribution is 0.310. The average Bonchev–Trinajstić information content (AvgIpc) is 2.63. The van der Waals surface area contributed by atoms with Gasteiger partial charge < -0.3 is 37.0 Å². The fourth-order valence-electron chi connectivity index (χ4n) is 2.63. The Morgan fingerprint density at radius 2 is 1.24 bits per heavy atom. The average molecular weight is 346 g/mol. The van der Waals surface area contributed by atoms with E-state index < -0.39 is 0 Å². The summed E-state index contributed by atoms with van der Waals surface area (Å²) in [6, 6.07) is 11.3. The number of anilines is 4. The molecule has 0 fully saturated rings. The summed E-state index contributed by atoms with van der Waals surface area (Å²) >= 11 is 0. The van der Waals surface area contributed by atoms with Crippen molar-refractivity contribution in [3.63, 3.8) is 0 Å². The molecule has 7 heteroatoms. The number of hydrogen-bond donors (Lipinski definition) is 7. The van der Waals surface area contributed by atoms with Gasteiger partial charge in [0, 0.05) is 53.5 Å². The molecule has 2 aromatic carbocycles. The number of aliphatic hydroxyl groups excluding tert-OH is 3. The van der Waals surface area contributed by atoms with Gasteiger partial charge in [0.05, 0.1) is 19.8 Å². The number of rotatable bonds is 10. The quantitative estimate of drug-likeness (QED) is 0.322. The van der Waals surface area contributed by atoms with Gasteiger partial charge in [-0.25, -0.2) is 0 Å². The molecule has 0 bridgehead atoms. The summed E-state index contributed by atoms with van der Waals surface area (Å²) in [6.45, 7) is 1.29. The first-order valence-electron chi connectivity index (χ1n) is 8.28. The topological polar surface area (TPSA) is 123 Å². The highest BCUT2D eigenvalue weighted by Gasteiger charge is 2.15. The van der Waals surface area contributed by atoms with Crippen LogP contribution in [0.2, 0.25) is 0 Å². The van der Waals surface area contributed by atoms with Gasteiger partial charge in [0.15, 0.2) is 0 Å². The summed E-state index contributed by atoms with van der Waals surface area (Å²) in [5.74, 6) is 0. The molecule has 0 amide bonds. The van der Waals surface area contributed by atoms with Crippen LogP contribution in [0.15, 0.2) is 36.4 Å². The number of aliphatic hydroxyl groups is 3. The number of nitrogen functional groups attached to an aromatic ring is 1. The van der Waals surface area contributed by atoms with Gasteiger partial charge in [0.1, 0.15) is 0 Å². The van der Waals surface area contributed by atoms with E-state index in [1.807, 2.05) is 30.3 Å². The van der Waals surface area contributed by atoms with Crippen LogP contribution in [0.5, 0.6) is 0 Å². The summed E-state index contributed by atoms with van der Waals surface area (Å²) in [6.07, 6.45) is 0. The van der Waals surface area contributed by atoms with Gasteiger partial charge >= 0.3 is 0 Å². The van der Waals surface area contributed by atoms with E-state index in [-0.39, 0.29) is 19.8 Å². The second-order valence-corrected chi connectivity index (χ2v) is 5.48. The van der Waals surface area contributed by atoms with Gasteiger partial charge in [-0.3, -0.25) is 0 Å². The first-order chi connectivity index (χ1) is 12.2. The fourth-order valence-corrected chi connectivity index (χ4v) is 2.63. The Bertz CT molecular complexity index is 653. The van der Waals surface area contributed by atoms with Crippen LogP contribution in [0.4, 0.5) is 22.7 Å². The molecule has 2 rings (SSSR count). The van der Waals surface area contributed by atoms with E-state index in [0.717, 1.165) is 28.2 Å². The Hall–Kier alpha value is -2.48. The molecule has 0 aromatic heterocycles. The molecule has 7 nitrogen and oxygen atoms in total. The van der Waals surface area contributed by atoms with E-state index in [0.29, 0.717) is 25.3 Å². The lowest BCUT2D eigenvalue weighted by atomic mass is 9.98. The molecule has 0 spiro atoms. The van der Waals surface area contributed by atoms with Crippen LogP contribution >= 0.6 is 0 Å². The largest absolute Gasteiger partial charge is 0.399 e. The molecule has 0 aliphatic carbocycles. The molecule has 0 heterocycles. The van der Waals surface area contributed by atoms with E-state index in [2.05, 4.69) is 16.0 Å². The Morgan fingerprint density at radius 1 is 0.720 bits per heavy atom. The molecule has 25 heavy (non-hydrogen) atoms. The number of nitrogens with two attached hydrogens (primary N) is 1. The second-order valence-electron chi connectivity index (χ2n) is 5.48. The molecule has 0 saturated carbocycles. The van der Waals surface area contributed by atoms with Crippen molar-refractivity contribution in [2.75, 3.05) is 61.1 Å². The maximum absolute atomic E-state index is 9.14. The molecular weight excluding hydrogens is 320 g/mol. The predicted molar refractivity (Wildman–Crippen MR) is 103 cm³/mol. The van der Waals surface area contributed by atoms with Crippen molar-refractivity contribution >= 4 is 22.7 Å². The van der Waals surface area contributed by atoms with Crippen molar-refractivity contribution in [2.24, 2.45) is 0 Å². The van der Waals surface area contributed by atoms with E-state index >= 15 is 0 Å². The summed E-state index contributed by atoms with van der Waals surface area (Å²) in [5.41, 5.74) is 10.9. The normalized spacial score (nSPS) is 10.5. The number of hydrogen-bond acceptors (Lipinski definition) is 7. The Balaban J connectivity index is 2.55. The SMILES string of the molecule is Nc1ccc(NCCO)c(-c2c(NCCO)cccc2NCCO)c1. The van der Waals surface area contributed by atoms with Crippen LogP contribution < -0.4 is 21.7 Å². The van der Waals surface area contributed by atoms with Crippen LogP contribution in [0.3, 0.4) is 0 Å². The van der Waals surface area contributed by atoms with Crippen molar-refractivity contribution < 1.29 is 15.3 Å². The fraction of sp³-hybridized carbons (Fsp3) is 0.333. The first-order valence-corrected chi connectivity index (χ1v) is 8.28. The zero-order valence-corrected chi connectivity index (χ0v) is 14.1. The Labute approximate surface area is 147 Å². The highest BCUT2D eigenvalue weighted by Crippen LogP contribution is 2.40. The molecule has 0 unspecified atom stereocenters. The summed E-state index contributed by atoms with van der Waals surface area (Å²) < 4.78 is 0. The molecule has 0 aliphatic heterocycles. The van der Waals surface area contributed by atoms with Gasteiger partial charge in [-0.15, -0.1) is 0 Å². The molecule has 136 valence electrons. The standard InChI is InChI=1S/C18H26N4O3/c19-13-4-5-15(20-6-9-23)14(12-13)18-16(21-7-10-24)2-1-3-17(18)22-8-11-25/h1-5,12,20-25H,6-11,19H2. The van der Waals surface area contributed by atoms with Gasteiger partial charge in [-0.1, -0.05) is 6.07 Å². The lowest BCUT2D eigenvalue weighted by Gasteiger charge is -2.20. The maximum atomic E-state index is 9.14. The highest BCUT2D eigenvalue weighted by molar-refractivity contribution is 5.95. The number of nitrogens with one attached hydrogen (secondary N) is 3. The van der Waals surface area contributed by atoms with Gasteiger partial charge in [0.25, 0.3) is 0 Å². The lowest BCUT2D eigenvalue weighted by Crippen LogP contribution is -2.12. The monoisotopic (exact) mass is 346 g/mol. The van der Waals surface area contributed by atoms with Gasteiger partial charge in [-0.2, -0.15) is 0 Å². The number of benzene rings is 2. The van der Waals surface area contributed by atoms with Crippen LogP contribution in [0, 0.1) is 0 Å². The third-order valence-electron chi connectivity index (χ3n) is 3.66. The minimum absolute atomic E-state index is 0.0142. The maximum Gasteiger partial charge on any atom is 0.0604 e. The van der Waals surface area contributed by atoms with Gasteiger partial charge in [-0.05, 0) is 30.3 Å². The molecule has 0 atom stereocenters. The van der Waals surface area contributed by atoms with E-state index in [9.17, 15) is 0 Å². The van der Waals surface area contributed by atoms with E-state index in [4.69, 9.17) is 21.1 Å². The Morgan fingerprint density at radius 3 is 1.76 bits per heavy atom. The third-order valence-corrected chi connectivity index (χ3v) is 3.66. The predicted octanol–water partition coefficient (Wildman–Crippen LogP) is 1.15. The first kappa shape index (κ1) is 18.9. The molecule has 0 saturated heterocycles. The summed E-state index contributed by atoms with van der Waals surface area (Å²) in [5, 5.41) is 37.0. The van der Waals surface area contributed by atoms with E-state index in [1.54, 1.807) is 6.07 Å². The smallest absolute Gasteiger partial charge is 0.0604 e. The van der Waals surface area contributed by atoms with Crippen molar-refractivity contribution in [2.45, 2.75) is 0 Å². The highest BCUT2D eigenvalue weighted by atomic mass is 16.3. The minimum atomic E-state index is 0.0142. The van der Waals surface area contributed by atoms with Crippen molar-refractivity contribution in [3.8, 4) is 11.1 Å². The van der Waals surface area contributed by atoms with Crippen LogP contribution in [0.1, 0.15) is 0 Å². The molecule has 0 radical (unpaired) electrons. The van der Waals surface area contributed by atoms with Crippen molar-refractivity contribution in [1.29, 1.82) is 0 Å². The second kappa shape index (κ2) is 9.73.